The van der Waals surface area contributed by atoms with Gasteiger partial charge < -0.3 is 0 Å². The van der Waals surface area contributed by atoms with Crippen molar-refractivity contribution in [1.82, 2.24) is 0 Å². The van der Waals surface area contributed by atoms with E-state index in [1.54, 1.807) is 0 Å². The third kappa shape index (κ3) is 4.82. The third-order valence-electron chi connectivity index (χ3n) is 2.33. The smallest absolute Gasteiger partial charge is 0.0171 e. The molecule has 1 heteroatoms. The van der Waals surface area contributed by atoms with E-state index in [1.165, 1.54) is 12.8 Å². The van der Waals surface area contributed by atoms with Gasteiger partial charge in [-0.15, -0.1) is 0 Å². The minimum atomic E-state index is 0.517. The van der Waals surface area contributed by atoms with Crippen LogP contribution in [-0.4, -0.2) is 0 Å². The van der Waals surface area contributed by atoms with Crippen molar-refractivity contribution in [1.29, 1.82) is 0 Å². The number of hydrogen-bond acceptors (Lipinski definition) is 0. The van der Waals surface area contributed by atoms with Crippen LogP contribution < -0.4 is 0 Å². The lowest BCUT2D eigenvalue weighted by molar-refractivity contribution is 0.494. The van der Waals surface area contributed by atoms with Crippen molar-refractivity contribution < 1.29 is 0 Å². The first kappa shape index (κ1) is 12.0. The molecule has 0 aromatic carbocycles. The second-order valence-electron chi connectivity index (χ2n) is 3.76. The van der Waals surface area contributed by atoms with E-state index < -0.39 is 0 Å². The molecule has 0 aliphatic rings. The first-order chi connectivity index (χ1) is 5.59. The highest BCUT2D eigenvalue weighted by Crippen LogP contribution is 2.23. The van der Waals surface area contributed by atoms with E-state index in [2.05, 4.69) is 33.8 Å². The molecule has 72 valence electrons. The van der Waals surface area contributed by atoms with Gasteiger partial charge in [0.2, 0.25) is 0 Å². The molecule has 0 aromatic rings. The topological polar surface area (TPSA) is 0 Å². The number of halogens is 1. The summed E-state index contributed by atoms with van der Waals surface area (Å²) >= 11 is 6.12. The molecule has 0 saturated heterocycles. The van der Waals surface area contributed by atoms with Crippen LogP contribution in [0.25, 0.3) is 0 Å². The first-order valence-electron chi connectivity index (χ1n) is 4.95. The Morgan fingerprint density at radius 3 is 2.33 bits per heavy atom. The average molecular weight is 189 g/mol. The number of allylic oxidation sites excluding steroid dienone is 2. The molecule has 0 aliphatic heterocycles. The highest BCUT2D eigenvalue weighted by molar-refractivity contribution is 6.29. The molecule has 1 unspecified atom stereocenters. The Balaban J connectivity index is 3.82. The summed E-state index contributed by atoms with van der Waals surface area (Å²) in [5, 5.41) is 1.04. The van der Waals surface area contributed by atoms with Crippen LogP contribution in [-0.2, 0) is 0 Å². The normalized spacial score (nSPS) is 15.3. The zero-order valence-electron chi connectivity index (χ0n) is 8.73. The molecule has 0 aliphatic carbocycles. The van der Waals surface area contributed by atoms with Crippen LogP contribution in [0.5, 0.6) is 0 Å². The molecule has 0 bridgehead atoms. The summed E-state index contributed by atoms with van der Waals surface area (Å²) in [6.45, 7) is 8.81. The lowest BCUT2D eigenvalue weighted by Gasteiger charge is -2.14. The number of rotatable bonds is 5. The van der Waals surface area contributed by atoms with E-state index in [-0.39, 0.29) is 0 Å². The Morgan fingerprint density at radius 2 is 1.92 bits per heavy atom. The fraction of sp³-hybridized carbons (Fsp3) is 0.818. The Bertz CT molecular complexity index is 136. The lowest BCUT2D eigenvalue weighted by atomic mass is 9.97. The minimum absolute atomic E-state index is 0.517. The van der Waals surface area contributed by atoms with Gasteiger partial charge in [-0.2, -0.15) is 0 Å². The van der Waals surface area contributed by atoms with Crippen molar-refractivity contribution in [2.24, 2.45) is 11.8 Å². The summed E-state index contributed by atoms with van der Waals surface area (Å²) in [5.74, 6) is 1.17. The van der Waals surface area contributed by atoms with E-state index >= 15 is 0 Å². The van der Waals surface area contributed by atoms with Crippen molar-refractivity contribution in [3.05, 3.63) is 11.1 Å². The second-order valence-corrected chi connectivity index (χ2v) is 4.20. The second kappa shape index (κ2) is 6.54. The summed E-state index contributed by atoms with van der Waals surface area (Å²) in [6.07, 6.45) is 5.81. The zero-order valence-corrected chi connectivity index (χ0v) is 9.49. The monoisotopic (exact) mass is 188 g/mol. The van der Waals surface area contributed by atoms with Gasteiger partial charge >= 0.3 is 0 Å². The highest BCUT2D eigenvalue weighted by Gasteiger charge is 2.09. The van der Waals surface area contributed by atoms with Crippen molar-refractivity contribution in [2.75, 3.05) is 0 Å². The van der Waals surface area contributed by atoms with E-state index in [1.807, 2.05) is 0 Å². The molecule has 0 nitrogen and oxygen atoms in total. The van der Waals surface area contributed by atoms with Crippen molar-refractivity contribution in [2.45, 2.75) is 47.0 Å². The van der Waals surface area contributed by atoms with Crippen molar-refractivity contribution in [3.8, 4) is 0 Å². The van der Waals surface area contributed by atoms with Crippen LogP contribution in [0.15, 0.2) is 11.1 Å². The Hall–Kier alpha value is 0.0300. The summed E-state index contributed by atoms with van der Waals surface area (Å²) in [4.78, 5) is 0. The van der Waals surface area contributed by atoms with Crippen molar-refractivity contribution in [3.63, 3.8) is 0 Å². The summed E-state index contributed by atoms with van der Waals surface area (Å²) in [5.41, 5.74) is 0. The van der Waals surface area contributed by atoms with Gasteiger partial charge in [-0.25, -0.2) is 0 Å². The molecule has 12 heavy (non-hydrogen) atoms. The summed E-state index contributed by atoms with van der Waals surface area (Å²) in [7, 11) is 0. The van der Waals surface area contributed by atoms with Gasteiger partial charge in [0.25, 0.3) is 0 Å². The molecule has 0 spiro atoms. The molecule has 0 radical (unpaired) electrons. The average Bonchev–Trinajstić information content (AvgIpc) is 2.03. The van der Waals surface area contributed by atoms with Gasteiger partial charge in [-0.1, -0.05) is 58.2 Å². The van der Waals surface area contributed by atoms with Gasteiger partial charge in [-0.3, -0.25) is 0 Å². The fourth-order valence-electron chi connectivity index (χ4n) is 0.948. The van der Waals surface area contributed by atoms with Gasteiger partial charge in [0.15, 0.2) is 0 Å². The predicted octanol–water partition coefficient (Wildman–Crippen LogP) is 4.59. The molecule has 0 rings (SSSR count). The van der Waals surface area contributed by atoms with Crippen LogP contribution in [0.4, 0.5) is 0 Å². The minimum Gasteiger partial charge on any atom is -0.0892 e. The van der Waals surface area contributed by atoms with Crippen LogP contribution in [0.1, 0.15) is 47.0 Å². The molecule has 0 heterocycles. The predicted molar refractivity (Wildman–Crippen MR) is 57.5 cm³/mol. The molecular formula is C11H21Cl. The summed E-state index contributed by atoms with van der Waals surface area (Å²) < 4.78 is 0. The molecule has 0 fully saturated rings. The Kier molecular flexibility index (Phi) is 6.55. The van der Waals surface area contributed by atoms with Gasteiger partial charge in [0, 0.05) is 5.03 Å². The molecule has 0 saturated carbocycles. The number of unbranched alkanes of at least 4 members (excludes halogenated alkanes) is 2. The Morgan fingerprint density at radius 1 is 1.33 bits per heavy atom. The maximum atomic E-state index is 6.12. The maximum Gasteiger partial charge on any atom is 0.0171 e. The van der Waals surface area contributed by atoms with E-state index in [0.29, 0.717) is 11.8 Å². The largest absolute Gasteiger partial charge is 0.0892 e. The quantitative estimate of drug-likeness (QED) is 0.554. The van der Waals surface area contributed by atoms with Crippen LogP contribution in [0, 0.1) is 11.8 Å². The van der Waals surface area contributed by atoms with E-state index in [4.69, 9.17) is 11.6 Å². The van der Waals surface area contributed by atoms with Crippen molar-refractivity contribution >= 4 is 11.6 Å². The molecule has 0 aromatic heterocycles. The summed E-state index contributed by atoms with van der Waals surface area (Å²) in [6, 6.07) is 0. The molecule has 0 amide bonds. The van der Waals surface area contributed by atoms with Crippen LogP contribution in [0.3, 0.4) is 0 Å². The third-order valence-corrected chi connectivity index (χ3v) is 2.83. The van der Waals surface area contributed by atoms with Crippen LogP contribution >= 0.6 is 11.6 Å². The Labute approximate surface area is 82.0 Å². The van der Waals surface area contributed by atoms with Crippen LogP contribution in [0.2, 0.25) is 0 Å². The zero-order chi connectivity index (χ0) is 9.56. The number of hydrogen-bond donors (Lipinski definition) is 0. The highest BCUT2D eigenvalue weighted by atomic mass is 35.5. The van der Waals surface area contributed by atoms with Gasteiger partial charge in [0.05, 0.1) is 0 Å². The molecule has 0 N–H and O–H groups in total. The lowest BCUT2D eigenvalue weighted by Crippen LogP contribution is -2.03. The van der Waals surface area contributed by atoms with Gasteiger partial charge in [-0.05, 0) is 18.3 Å². The maximum absolute atomic E-state index is 6.12. The van der Waals surface area contributed by atoms with E-state index in [0.717, 1.165) is 11.5 Å². The standard InChI is InChI=1S/C11H21Cl/c1-5-6-7-8-11(12)10(4)9(2)3/h8-10H,5-7H2,1-4H3/b11-8+. The van der Waals surface area contributed by atoms with Gasteiger partial charge in [0.1, 0.15) is 0 Å². The molecule has 1 atom stereocenters. The first-order valence-corrected chi connectivity index (χ1v) is 5.33. The SMILES string of the molecule is CCCC/C=C(/Cl)C(C)C(C)C. The fourth-order valence-corrected chi connectivity index (χ4v) is 1.31. The van der Waals surface area contributed by atoms with E-state index in [9.17, 15) is 0 Å². The molecular weight excluding hydrogens is 168 g/mol.